The Morgan fingerprint density at radius 2 is 0.486 bits per heavy atom. The first-order valence-corrected chi connectivity index (χ1v) is 34.5. The van der Waals surface area contributed by atoms with Gasteiger partial charge in [0.15, 0.2) is 0 Å². The molecule has 512 valence electrons. The molecule has 0 aliphatic heterocycles. The molecule has 0 N–H and O–H groups in total. The minimum atomic E-state index is -0.468. The Kier molecular flexibility index (Phi) is 23.3. The minimum absolute atomic E-state index is 0.373. The number of anilines is 9. The largest absolute Gasteiger partial charge is 0.423 e. The van der Waals surface area contributed by atoms with Gasteiger partial charge in [-0.05, 0) is 222 Å². The summed E-state index contributed by atoms with van der Waals surface area (Å²) in [6.07, 6.45) is 2.31. The van der Waals surface area contributed by atoms with E-state index in [-0.39, 0.29) is 0 Å². The Morgan fingerprint density at radius 1 is 0.257 bits per heavy atom. The van der Waals surface area contributed by atoms with E-state index >= 15 is 0 Å². The van der Waals surface area contributed by atoms with E-state index in [1.165, 1.54) is 33.4 Å². The Hall–Kier alpha value is -13.9. The number of aryl methyl sites for hydroxylation is 2. The van der Waals surface area contributed by atoms with Gasteiger partial charge in [0.2, 0.25) is 0 Å². The van der Waals surface area contributed by atoms with Crippen molar-refractivity contribution in [2.75, 3.05) is 14.7 Å². The lowest BCUT2D eigenvalue weighted by Gasteiger charge is -2.26. The molecule has 0 unspecified atom stereocenters. The van der Waals surface area contributed by atoms with Crippen LogP contribution in [-0.4, -0.2) is 17.9 Å². The Morgan fingerprint density at radius 3 is 0.781 bits per heavy atom. The first kappa shape index (κ1) is 71.0. The van der Waals surface area contributed by atoms with Crippen LogP contribution in [0.3, 0.4) is 0 Å². The molecule has 0 radical (unpaired) electrons. The van der Waals surface area contributed by atoms with E-state index in [9.17, 15) is 14.4 Å². The van der Waals surface area contributed by atoms with Gasteiger partial charge in [-0.1, -0.05) is 249 Å². The molecule has 0 spiro atoms. The third-order valence-electron chi connectivity index (χ3n) is 17.3. The monoisotopic (exact) mass is 1370 g/mol. The quantitative estimate of drug-likeness (QED) is 0.0420. The second-order valence-corrected chi connectivity index (χ2v) is 24.8. The SMILES string of the molecule is C=C(C)C(=O)Oc1ccc(-c2ccc(N(c3ccccc3)c3ccc(-c4ccccc4)cc3)cc2)cc1.C=CC(=O)Oc1ccc(-c2ccc(N(c3ccccc3)c3ccc(-c4ccccc4)cc3)cc2)cc1.C=CC(=O)Oc1cccc(-c2ccc(N(c3ccc(C)cc3)c3ccc(C)cc3)cc2)c1. The maximum atomic E-state index is 11.8. The molecule has 0 heterocycles. The van der Waals surface area contributed by atoms with Crippen molar-refractivity contribution >= 4 is 69.1 Å². The lowest BCUT2D eigenvalue weighted by molar-refractivity contribution is -0.130. The van der Waals surface area contributed by atoms with Crippen molar-refractivity contribution in [2.45, 2.75) is 20.8 Å². The summed E-state index contributed by atoms with van der Waals surface area (Å²) >= 11 is 0. The van der Waals surface area contributed by atoms with Crippen molar-refractivity contribution < 1.29 is 28.6 Å². The smallest absolute Gasteiger partial charge is 0.338 e. The van der Waals surface area contributed by atoms with Gasteiger partial charge in [-0.25, -0.2) is 14.4 Å². The Balaban J connectivity index is 0.000000148. The molecule has 0 aliphatic rings. The summed E-state index contributed by atoms with van der Waals surface area (Å²) in [5, 5.41) is 0. The van der Waals surface area contributed by atoms with Crippen LogP contribution < -0.4 is 28.9 Å². The molecule has 0 saturated heterocycles. The third-order valence-corrected chi connectivity index (χ3v) is 17.3. The number of benzene rings is 14. The third kappa shape index (κ3) is 18.6. The average molecular weight is 1370 g/mol. The highest BCUT2D eigenvalue weighted by Crippen LogP contribution is 2.41. The topological polar surface area (TPSA) is 88.6 Å². The average Bonchev–Trinajstić information content (AvgIpc) is 0.813. The minimum Gasteiger partial charge on any atom is -0.423 e. The van der Waals surface area contributed by atoms with Crippen molar-refractivity contribution in [3.63, 3.8) is 0 Å². The standard InChI is InChI=1S/C34H27NO2.C33H25NO2.C29H25NO2/c1-25(2)34(36)37-33-23-17-29(18-24-33)28-15-21-32(22-16-28)35(30-11-7-4-8-12-30)31-19-13-27(14-20-31)26-9-5-3-6-10-26;1-2-33(35)36-32-23-17-28(18-24-32)27-15-21-31(22-16-27)34(29-11-7-4-8-12-29)30-19-13-26(14-20-30)25-9-5-3-6-10-25;1-4-29(31)32-28-7-5-6-24(20-28)23-12-18-27(19-13-23)30(25-14-8-21(2)9-15-25)26-16-10-22(3)11-17-26/h3-24H,1H2,2H3;2-24H,1H2;4-20H,1H2,2-3H3. The molecule has 0 aromatic heterocycles. The van der Waals surface area contributed by atoms with Gasteiger partial charge in [0.05, 0.1) is 0 Å². The number of nitrogens with zero attached hydrogens (tertiary/aromatic N) is 3. The first-order valence-electron chi connectivity index (χ1n) is 34.5. The summed E-state index contributed by atoms with van der Waals surface area (Å²) in [6, 6.07) is 124. The maximum absolute atomic E-state index is 11.8. The summed E-state index contributed by atoms with van der Waals surface area (Å²) in [5.74, 6) is 0.138. The molecule has 14 aromatic rings. The molecule has 0 bridgehead atoms. The number of esters is 3. The molecule has 0 fully saturated rings. The van der Waals surface area contributed by atoms with Crippen LogP contribution >= 0.6 is 0 Å². The highest BCUT2D eigenvalue weighted by Gasteiger charge is 2.18. The predicted molar refractivity (Wildman–Crippen MR) is 432 cm³/mol. The van der Waals surface area contributed by atoms with Gasteiger partial charge in [-0.3, -0.25) is 0 Å². The molecule has 0 aliphatic carbocycles. The number of hydrogen-bond donors (Lipinski definition) is 0. The van der Waals surface area contributed by atoms with E-state index < -0.39 is 17.9 Å². The highest BCUT2D eigenvalue weighted by atomic mass is 16.5. The first-order chi connectivity index (χ1) is 51.3. The number of para-hydroxylation sites is 2. The van der Waals surface area contributed by atoms with E-state index in [1.54, 1.807) is 37.3 Å². The van der Waals surface area contributed by atoms with Gasteiger partial charge >= 0.3 is 17.9 Å². The highest BCUT2D eigenvalue weighted by molar-refractivity contribution is 5.89. The van der Waals surface area contributed by atoms with Gasteiger partial charge in [0.1, 0.15) is 17.2 Å². The molecule has 0 saturated carbocycles. The number of carbonyl (C=O) groups excluding carboxylic acids is 3. The van der Waals surface area contributed by atoms with Crippen LogP contribution in [0.1, 0.15) is 18.1 Å². The fourth-order valence-corrected chi connectivity index (χ4v) is 11.8. The summed E-state index contributed by atoms with van der Waals surface area (Å²) in [4.78, 5) is 41.4. The zero-order valence-electron chi connectivity index (χ0n) is 58.7. The van der Waals surface area contributed by atoms with Crippen molar-refractivity contribution in [1.82, 2.24) is 0 Å². The van der Waals surface area contributed by atoms with Gasteiger partial charge in [0.25, 0.3) is 0 Å². The number of rotatable bonds is 20. The van der Waals surface area contributed by atoms with Crippen molar-refractivity contribution in [3.05, 3.63) is 413 Å². The molecular formula is C96H77N3O6. The second kappa shape index (κ2) is 34.5. The van der Waals surface area contributed by atoms with E-state index in [0.29, 0.717) is 22.8 Å². The van der Waals surface area contributed by atoms with Gasteiger partial charge in [-0.15, -0.1) is 0 Å². The normalized spacial score (nSPS) is 10.5. The Bertz CT molecular complexity index is 5170. The molecule has 9 heteroatoms. The van der Waals surface area contributed by atoms with E-state index in [0.717, 1.165) is 96.7 Å². The van der Waals surface area contributed by atoms with Crippen LogP contribution in [0, 0.1) is 13.8 Å². The molecule has 0 atom stereocenters. The molecular weight excluding hydrogens is 1290 g/mol. The van der Waals surface area contributed by atoms with Crippen molar-refractivity contribution in [2.24, 2.45) is 0 Å². The fourth-order valence-electron chi connectivity index (χ4n) is 11.8. The van der Waals surface area contributed by atoms with Crippen LogP contribution in [-0.2, 0) is 14.4 Å². The molecule has 14 aromatic carbocycles. The summed E-state index contributed by atoms with van der Waals surface area (Å²) < 4.78 is 15.7. The lowest BCUT2D eigenvalue weighted by Crippen LogP contribution is -2.09. The predicted octanol–water partition coefficient (Wildman–Crippen LogP) is 25.1. The number of hydrogen-bond acceptors (Lipinski definition) is 9. The lowest BCUT2D eigenvalue weighted by atomic mass is 10.0. The fraction of sp³-hybridized carbons (Fsp3) is 0.0312. The van der Waals surface area contributed by atoms with Crippen LogP contribution in [0.5, 0.6) is 17.2 Å². The van der Waals surface area contributed by atoms with Crippen LogP contribution in [0.4, 0.5) is 51.2 Å². The Labute approximate surface area is 615 Å². The molecule has 14 rings (SSSR count). The van der Waals surface area contributed by atoms with Gasteiger partial charge in [0, 0.05) is 68.9 Å². The maximum Gasteiger partial charge on any atom is 0.338 e. The summed E-state index contributed by atoms with van der Waals surface area (Å²) in [5.41, 5.74) is 23.6. The number of carbonyl (C=O) groups is 3. The van der Waals surface area contributed by atoms with E-state index in [4.69, 9.17) is 14.2 Å². The van der Waals surface area contributed by atoms with Crippen molar-refractivity contribution in [3.8, 4) is 72.9 Å². The van der Waals surface area contributed by atoms with Crippen LogP contribution in [0.15, 0.2) is 401 Å². The van der Waals surface area contributed by atoms with Crippen molar-refractivity contribution in [1.29, 1.82) is 0 Å². The summed E-state index contributed by atoms with van der Waals surface area (Å²) in [7, 11) is 0. The molecule has 0 amide bonds. The number of ether oxygens (including phenoxy) is 3. The zero-order chi connectivity index (χ0) is 72.9. The molecule has 9 nitrogen and oxygen atoms in total. The van der Waals surface area contributed by atoms with Crippen LogP contribution in [0.25, 0.3) is 55.6 Å². The van der Waals surface area contributed by atoms with E-state index in [2.05, 4.69) is 315 Å². The van der Waals surface area contributed by atoms with Crippen LogP contribution in [0.2, 0.25) is 0 Å². The second-order valence-electron chi connectivity index (χ2n) is 24.8. The van der Waals surface area contributed by atoms with E-state index in [1.807, 2.05) is 66.7 Å². The summed E-state index contributed by atoms with van der Waals surface area (Å²) in [6.45, 7) is 16.3. The van der Waals surface area contributed by atoms with Gasteiger partial charge < -0.3 is 28.9 Å². The van der Waals surface area contributed by atoms with Gasteiger partial charge in [-0.2, -0.15) is 0 Å². The zero-order valence-corrected chi connectivity index (χ0v) is 58.7. The molecule has 105 heavy (non-hydrogen) atoms.